The largest absolute Gasteiger partial charge is 0.393 e. The number of hydrogen-bond donors (Lipinski definition) is 2. The molecule has 3 aromatic rings. The number of aromatic nitrogens is 4. The maximum atomic E-state index is 9.74. The molecule has 2 heterocycles. The van der Waals surface area contributed by atoms with Crippen LogP contribution in [0.4, 0.5) is 17.5 Å². The second-order valence-corrected chi connectivity index (χ2v) is 7.77. The Labute approximate surface area is 172 Å². The van der Waals surface area contributed by atoms with Gasteiger partial charge in [0, 0.05) is 18.8 Å². The molecule has 2 aromatic heterocycles. The molecule has 1 fully saturated rings. The number of benzene rings is 1. The van der Waals surface area contributed by atoms with Gasteiger partial charge in [-0.25, -0.2) is 19.9 Å². The van der Waals surface area contributed by atoms with Gasteiger partial charge in [-0.15, -0.1) is 0 Å². The normalized spacial score (nSPS) is 19.6. The molecule has 9 heteroatoms. The number of aliphatic hydroxyl groups excluding tert-OH is 1. The van der Waals surface area contributed by atoms with E-state index in [0.717, 1.165) is 31.4 Å². The Morgan fingerprint density at radius 1 is 1.07 bits per heavy atom. The van der Waals surface area contributed by atoms with E-state index in [0.29, 0.717) is 38.9 Å². The molecule has 4 rings (SSSR count). The van der Waals surface area contributed by atoms with Crippen LogP contribution in [-0.4, -0.2) is 44.2 Å². The van der Waals surface area contributed by atoms with Crippen LogP contribution in [0.15, 0.2) is 30.7 Å². The molecule has 0 unspecified atom stereocenters. The first-order valence-corrected chi connectivity index (χ1v) is 9.87. The van der Waals surface area contributed by atoms with Crippen molar-refractivity contribution in [2.75, 3.05) is 17.3 Å². The predicted octanol–water partition coefficient (Wildman–Crippen LogP) is 4.21. The Kier molecular flexibility index (Phi) is 5.48. The first-order chi connectivity index (χ1) is 13.5. The first kappa shape index (κ1) is 19.1. The number of aliphatic hydroxyl groups is 1. The summed E-state index contributed by atoms with van der Waals surface area (Å²) >= 11 is 12.1. The summed E-state index contributed by atoms with van der Waals surface area (Å²) in [5.41, 5.74) is 2.03. The molecule has 0 atom stereocenters. The smallest absolute Gasteiger partial charge is 0.226 e. The van der Waals surface area contributed by atoms with Crippen molar-refractivity contribution < 1.29 is 5.11 Å². The van der Waals surface area contributed by atoms with E-state index in [1.54, 1.807) is 18.3 Å². The van der Waals surface area contributed by atoms with E-state index in [2.05, 4.69) is 25.2 Å². The van der Waals surface area contributed by atoms with Gasteiger partial charge in [-0.1, -0.05) is 23.2 Å². The van der Waals surface area contributed by atoms with Gasteiger partial charge in [0.15, 0.2) is 5.82 Å². The molecule has 1 saturated carbocycles. The highest BCUT2D eigenvalue weighted by Gasteiger charge is 2.24. The number of nitrogens with one attached hydrogen (secondary N) is 1. The van der Waals surface area contributed by atoms with Gasteiger partial charge >= 0.3 is 0 Å². The molecule has 0 aliphatic heterocycles. The van der Waals surface area contributed by atoms with Crippen molar-refractivity contribution in [1.82, 2.24) is 19.9 Å². The van der Waals surface area contributed by atoms with E-state index in [-0.39, 0.29) is 6.10 Å². The van der Waals surface area contributed by atoms with Gasteiger partial charge in [0.1, 0.15) is 17.4 Å². The zero-order valence-corrected chi connectivity index (χ0v) is 16.8. The number of anilines is 3. The van der Waals surface area contributed by atoms with Crippen LogP contribution in [-0.2, 0) is 0 Å². The van der Waals surface area contributed by atoms with E-state index >= 15 is 0 Å². The molecule has 0 radical (unpaired) electrons. The Morgan fingerprint density at radius 2 is 1.86 bits per heavy atom. The molecule has 146 valence electrons. The lowest BCUT2D eigenvalue weighted by atomic mass is 9.92. The Bertz CT molecular complexity index is 993. The minimum Gasteiger partial charge on any atom is -0.393 e. The topological polar surface area (TPSA) is 87.1 Å². The summed E-state index contributed by atoms with van der Waals surface area (Å²) < 4.78 is 0. The highest BCUT2D eigenvalue weighted by Crippen LogP contribution is 2.29. The van der Waals surface area contributed by atoms with Crippen molar-refractivity contribution in [2.24, 2.45) is 0 Å². The van der Waals surface area contributed by atoms with E-state index in [1.165, 1.54) is 6.33 Å². The average Bonchev–Trinajstić information content (AvgIpc) is 2.71. The third kappa shape index (κ3) is 3.97. The van der Waals surface area contributed by atoms with Crippen LogP contribution in [0.5, 0.6) is 0 Å². The summed E-state index contributed by atoms with van der Waals surface area (Å²) in [4.78, 5) is 19.9. The molecule has 0 bridgehead atoms. The van der Waals surface area contributed by atoms with Crippen molar-refractivity contribution in [3.63, 3.8) is 0 Å². The van der Waals surface area contributed by atoms with Gasteiger partial charge in [0.2, 0.25) is 5.95 Å². The summed E-state index contributed by atoms with van der Waals surface area (Å²) in [7, 11) is 1.99. The lowest BCUT2D eigenvalue weighted by Gasteiger charge is -2.33. The number of fused-ring (bicyclic) bond motifs is 1. The third-order valence-electron chi connectivity index (χ3n) is 5.08. The molecular formula is C19H20Cl2N6O. The van der Waals surface area contributed by atoms with Crippen LogP contribution in [0.3, 0.4) is 0 Å². The molecular weight excluding hydrogens is 399 g/mol. The van der Waals surface area contributed by atoms with E-state index < -0.39 is 0 Å². The second-order valence-electron chi connectivity index (χ2n) is 6.95. The van der Waals surface area contributed by atoms with Gasteiger partial charge in [-0.2, -0.15) is 0 Å². The van der Waals surface area contributed by atoms with Crippen LogP contribution in [0.25, 0.3) is 11.0 Å². The average molecular weight is 419 g/mol. The fourth-order valence-corrected chi connectivity index (χ4v) is 3.72. The van der Waals surface area contributed by atoms with E-state index in [1.807, 2.05) is 13.1 Å². The van der Waals surface area contributed by atoms with Gasteiger partial charge in [-0.3, -0.25) is 0 Å². The van der Waals surface area contributed by atoms with Crippen molar-refractivity contribution in [1.29, 1.82) is 0 Å². The maximum Gasteiger partial charge on any atom is 0.226 e. The van der Waals surface area contributed by atoms with Crippen LogP contribution in [0, 0.1) is 0 Å². The number of hydrogen-bond acceptors (Lipinski definition) is 7. The minimum atomic E-state index is -0.197. The molecule has 0 amide bonds. The SMILES string of the molecule is CN(c1ncc2ncnc(Nc3ccc(Cl)c(Cl)c3)c2n1)[C@H]1CC[C@H](O)CC1. The van der Waals surface area contributed by atoms with Crippen LogP contribution >= 0.6 is 23.2 Å². The summed E-state index contributed by atoms with van der Waals surface area (Å²) in [5, 5.41) is 13.9. The second kappa shape index (κ2) is 8.03. The molecule has 1 aromatic carbocycles. The Hall–Kier alpha value is -2.22. The first-order valence-electron chi connectivity index (χ1n) is 9.12. The maximum absolute atomic E-state index is 9.74. The van der Waals surface area contributed by atoms with Gasteiger partial charge in [0.05, 0.1) is 22.3 Å². The quantitative estimate of drug-likeness (QED) is 0.655. The lowest BCUT2D eigenvalue weighted by Crippen LogP contribution is -2.37. The van der Waals surface area contributed by atoms with E-state index in [9.17, 15) is 5.11 Å². The van der Waals surface area contributed by atoms with Crippen molar-refractivity contribution in [3.8, 4) is 0 Å². The van der Waals surface area contributed by atoms with Gasteiger partial charge < -0.3 is 15.3 Å². The van der Waals surface area contributed by atoms with Gasteiger partial charge in [0.25, 0.3) is 0 Å². The molecule has 2 N–H and O–H groups in total. The minimum absolute atomic E-state index is 0.197. The molecule has 0 spiro atoms. The molecule has 7 nitrogen and oxygen atoms in total. The van der Waals surface area contributed by atoms with Crippen molar-refractivity contribution in [3.05, 3.63) is 40.8 Å². The Balaban J connectivity index is 1.64. The summed E-state index contributed by atoms with van der Waals surface area (Å²) in [5.74, 6) is 1.18. The molecule has 0 saturated heterocycles. The molecule has 28 heavy (non-hydrogen) atoms. The lowest BCUT2D eigenvalue weighted by molar-refractivity contribution is 0.122. The Morgan fingerprint density at radius 3 is 2.61 bits per heavy atom. The van der Waals surface area contributed by atoms with Gasteiger partial charge in [-0.05, 0) is 43.9 Å². The standard InChI is InChI=1S/C19H20Cl2N6O/c1-27(12-3-5-13(28)6-4-12)19-22-9-16-17(26-19)18(24-10-23-16)25-11-2-7-14(20)15(21)8-11/h2,7-10,12-13,28H,3-6H2,1H3,(H,23,24,25)/t12-,13-. The van der Waals surface area contributed by atoms with Crippen LogP contribution < -0.4 is 10.2 Å². The van der Waals surface area contributed by atoms with Crippen molar-refractivity contribution in [2.45, 2.75) is 37.8 Å². The molecule has 1 aliphatic carbocycles. The fourth-order valence-electron chi connectivity index (χ4n) is 3.43. The van der Waals surface area contributed by atoms with Crippen LogP contribution in [0.2, 0.25) is 10.0 Å². The molecule has 1 aliphatic rings. The summed E-state index contributed by atoms with van der Waals surface area (Å²) in [6, 6.07) is 5.58. The van der Waals surface area contributed by atoms with E-state index in [4.69, 9.17) is 28.2 Å². The highest BCUT2D eigenvalue weighted by atomic mass is 35.5. The number of nitrogens with zero attached hydrogens (tertiary/aromatic N) is 5. The third-order valence-corrected chi connectivity index (χ3v) is 5.82. The summed E-state index contributed by atoms with van der Waals surface area (Å²) in [6.07, 6.45) is 6.41. The van der Waals surface area contributed by atoms with Crippen molar-refractivity contribution >= 4 is 51.7 Å². The zero-order valence-electron chi connectivity index (χ0n) is 15.3. The number of rotatable bonds is 4. The monoisotopic (exact) mass is 418 g/mol. The highest BCUT2D eigenvalue weighted by molar-refractivity contribution is 6.42. The van der Waals surface area contributed by atoms with Crippen LogP contribution in [0.1, 0.15) is 25.7 Å². The fraction of sp³-hybridized carbons (Fsp3) is 0.368. The predicted molar refractivity (Wildman–Crippen MR) is 112 cm³/mol. The summed E-state index contributed by atoms with van der Waals surface area (Å²) in [6.45, 7) is 0. The number of halogens is 2. The zero-order chi connectivity index (χ0) is 19.7.